The van der Waals surface area contributed by atoms with Crippen LogP contribution in [0.2, 0.25) is 0 Å². The minimum atomic E-state index is 0.489. The zero-order valence-electron chi connectivity index (χ0n) is 8.26. The molecule has 0 aromatic carbocycles. The molecule has 0 N–H and O–H groups in total. The molecule has 0 fully saturated rings. The summed E-state index contributed by atoms with van der Waals surface area (Å²) < 4.78 is 4.98. The maximum absolute atomic E-state index is 4.98. The van der Waals surface area contributed by atoms with Gasteiger partial charge in [-0.3, -0.25) is 4.99 Å². The Hall–Kier alpha value is -0.280. The largest absolute Gasteiger partial charge is 0.378 e. The first-order valence-electron chi connectivity index (χ1n) is 3.93. The Bertz CT molecular complexity index is 175. The van der Waals surface area contributed by atoms with E-state index >= 15 is 0 Å². The van der Waals surface area contributed by atoms with Crippen LogP contribution >= 0.6 is 11.8 Å². The third kappa shape index (κ3) is 4.57. The summed E-state index contributed by atoms with van der Waals surface area (Å²) in [5.41, 5.74) is 0. The molecule has 70 valence electrons. The molecule has 0 saturated carbocycles. The van der Waals surface area contributed by atoms with Crippen molar-refractivity contribution < 1.29 is 4.74 Å². The SMILES string of the molecule is C=C(SC(COC)=NC)C(C)C. The van der Waals surface area contributed by atoms with Crippen molar-refractivity contribution in [3.63, 3.8) is 0 Å². The van der Waals surface area contributed by atoms with Gasteiger partial charge in [0.05, 0.1) is 11.7 Å². The molecular formula is C9H17NOS. The maximum Gasteiger partial charge on any atom is 0.0974 e. The number of allylic oxidation sites excluding steroid dienone is 1. The summed E-state index contributed by atoms with van der Waals surface area (Å²) in [4.78, 5) is 5.23. The van der Waals surface area contributed by atoms with Crippen LogP contribution in [0.3, 0.4) is 0 Å². The van der Waals surface area contributed by atoms with Crippen LogP contribution in [0.1, 0.15) is 13.8 Å². The van der Waals surface area contributed by atoms with E-state index in [0.29, 0.717) is 12.5 Å². The Morgan fingerprint density at radius 2 is 2.17 bits per heavy atom. The second-order valence-corrected chi connectivity index (χ2v) is 3.97. The first-order valence-corrected chi connectivity index (χ1v) is 4.74. The molecule has 0 aliphatic carbocycles. The van der Waals surface area contributed by atoms with Crippen molar-refractivity contribution in [1.29, 1.82) is 0 Å². The Labute approximate surface area is 79.1 Å². The molecule has 0 amide bonds. The fraction of sp³-hybridized carbons (Fsp3) is 0.667. The number of aliphatic imine (C=N–C) groups is 1. The molecule has 0 aromatic heterocycles. The standard InChI is InChI=1S/C9H17NOS/c1-7(2)8(3)12-9(10-4)6-11-5/h7H,3,6H2,1-2,4-5H3. The van der Waals surface area contributed by atoms with Gasteiger partial charge in [-0.25, -0.2) is 0 Å². The lowest BCUT2D eigenvalue weighted by Gasteiger charge is -2.09. The van der Waals surface area contributed by atoms with Crippen LogP contribution in [0.15, 0.2) is 16.5 Å². The van der Waals surface area contributed by atoms with Gasteiger partial charge in [0.1, 0.15) is 0 Å². The number of ether oxygens (including phenoxy) is 1. The minimum Gasteiger partial charge on any atom is -0.378 e. The Kier molecular flexibility index (Phi) is 6.11. The monoisotopic (exact) mass is 187 g/mol. The first-order chi connectivity index (χ1) is 5.61. The predicted octanol–water partition coefficient (Wildman–Crippen LogP) is 2.56. The van der Waals surface area contributed by atoms with Crippen molar-refractivity contribution in [2.75, 3.05) is 20.8 Å². The van der Waals surface area contributed by atoms with Gasteiger partial charge in [-0.1, -0.05) is 32.2 Å². The third-order valence-electron chi connectivity index (χ3n) is 1.41. The van der Waals surface area contributed by atoms with Crippen molar-refractivity contribution in [3.8, 4) is 0 Å². The summed E-state index contributed by atoms with van der Waals surface area (Å²) in [7, 11) is 3.44. The predicted molar refractivity (Wildman–Crippen MR) is 56.8 cm³/mol. The maximum atomic E-state index is 4.98. The topological polar surface area (TPSA) is 21.6 Å². The smallest absolute Gasteiger partial charge is 0.0974 e. The number of hydrogen-bond donors (Lipinski definition) is 0. The van der Waals surface area contributed by atoms with Gasteiger partial charge in [-0.2, -0.15) is 0 Å². The lowest BCUT2D eigenvalue weighted by atomic mass is 10.2. The van der Waals surface area contributed by atoms with Gasteiger partial charge in [-0.05, 0) is 10.8 Å². The summed E-state index contributed by atoms with van der Waals surface area (Å²) in [6.07, 6.45) is 0. The van der Waals surface area contributed by atoms with Gasteiger partial charge in [-0.15, -0.1) is 0 Å². The van der Waals surface area contributed by atoms with E-state index in [2.05, 4.69) is 25.4 Å². The molecule has 0 bridgehead atoms. The van der Waals surface area contributed by atoms with Crippen molar-refractivity contribution >= 4 is 16.8 Å². The molecule has 3 heteroatoms. The van der Waals surface area contributed by atoms with Crippen LogP contribution in [0, 0.1) is 5.92 Å². The normalized spacial score (nSPS) is 12.2. The van der Waals surface area contributed by atoms with E-state index < -0.39 is 0 Å². The molecule has 0 saturated heterocycles. The molecule has 0 aliphatic heterocycles. The van der Waals surface area contributed by atoms with E-state index in [1.54, 1.807) is 25.9 Å². The molecule has 0 radical (unpaired) electrons. The Morgan fingerprint density at radius 1 is 1.58 bits per heavy atom. The average molecular weight is 187 g/mol. The van der Waals surface area contributed by atoms with Gasteiger partial charge in [0.2, 0.25) is 0 Å². The lowest BCUT2D eigenvalue weighted by molar-refractivity contribution is 0.247. The minimum absolute atomic E-state index is 0.489. The van der Waals surface area contributed by atoms with E-state index in [0.717, 1.165) is 9.95 Å². The number of methoxy groups -OCH3 is 1. The molecule has 12 heavy (non-hydrogen) atoms. The molecule has 0 unspecified atom stereocenters. The highest BCUT2D eigenvalue weighted by atomic mass is 32.2. The van der Waals surface area contributed by atoms with Crippen LogP contribution in [-0.4, -0.2) is 25.8 Å². The summed E-state index contributed by atoms with van der Waals surface area (Å²) in [5.74, 6) is 0.489. The average Bonchev–Trinajstić information content (AvgIpc) is 2.03. The summed E-state index contributed by atoms with van der Waals surface area (Å²) in [6.45, 7) is 8.77. The third-order valence-corrected chi connectivity index (χ3v) is 2.68. The van der Waals surface area contributed by atoms with Crippen LogP contribution in [0.4, 0.5) is 0 Å². The van der Waals surface area contributed by atoms with E-state index in [-0.39, 0.29) is 0 Å². The zero-order valence-corrected chi connectivity index (χ0v) is 9.07. The molecule has 0 atom stereocenters. The molecule has 2 nitrogen and oxygen atoms in total. The van der Waals surface area contributed by atoms with Crippen LogP contribution < -0.4 is 0 Å². The van der Waals surface area contributed by atoms with E-state index in [4.69, 9.17) is 4.74 Å². The fourth-order valence-electron chi connectivity index (χ4n) is 0.532. The Balaban J connectivity index is 3.95. The van der Waals surface area contributed by atoms with Crippen molar-refractivity contribution in [2.45, 2.75) is 13.8 Å². The summed E-state index contributed by atoms with van der Waals surface area (Å²) in [6, 6.07) is 0. The van der Waals surface area contributed by atoms with Crippen LogP contribution in [-0.2, 0) is 4.74 Å². The highest BCUT2D eigenvalue weighted by molar-refractivity contribution is 8.17. The van der Waals surface area contributed by atoms with Crippen molar-refractivity contribution in [2.24, 2.45) is 10.9 Å². The first kappa shape index (κ1) is 11.7. The molecular weight excluding hydrogens is 170 g/mol. The molecule has 0 heterocycles. The van der Waals surface area contributed by atoms with Gasteiger partial charge in [0.15, 0.2) is 0 Å². The highest BCUT2D eigenvalue weighted by Crippen LogP contribution is 2.23. The van der Waals surface area contributed by atoms with Crippen molar-refractivity contribution in [3.05, 3.63) is 11.5 Å². The molecule has 0 spiro atoms. The zero-order chi connectivity index (χ0) is 9.56. The van der Waals surface area contributed by atoms with Gasteiger partial charge < -0.3 is 4.74 Å². The number of rotatable bonds is 4. The summed E-state index contributed by atoms with van der Waals surface area (Å²) in [5, 5.41) is 0.983. The van der Waals surface area contributed by atoms with Gasteiger partial charge in [0.25, 0.3) is 0 Å². The number of nitrogens with zero attached hydrogens (tertiary/aromatic N) is 1. The van der Waals surface area contributed by atoms with E-state index in [1.165, 1.54) is 0 Å². The van der Waals surface area contributed by atoms with E-state index in [9.17, 15) is 0 Å². The molecule has 0 aromatic rings. The second kappa shape index (κ2) is 6.26. The molecule has 0 rings (SSSR count). The summed E-state index contributed by atoms with van der Waals surface area (Å²) >= 11 is 1.61. The van der Waals surface area contributed by atoms with Gasteiger partial charge in [0, 0.05) is 14.2 Å². The lowest BCUT2D eigenvalue weighted by Crippen LogP contribution is -2.03. The number of hydrogen-bond acceptors (Lipinski definition) is 3. The van der Waals surface area contributed by atoms with Crippen LogP contribution in [0.25, 0.3) is 0 Å². The quantitative estimate of drug-likeness (QED) is 0.498. The number of thioether (sulfide) groups is 1. The van der Waals surface area contributed by atoms with E-state index in [1.807, 2.05) is 0 Å². The fourth-order valence-corrected chi connectivity index (χ4v) is 1.34. The molecule has 0 aliphatic rings. The van der Waals surface area contributed by atoms with Crippen molar-refractivity contribution in [1.82, 2.24) is 0 Å². The van der Waals surface area contributed by atoms with Crippen LogP contribution in [0.5, 0.6) is 0 Å². The second-order valence-electron chi connectivity index (χ2n) is 2.77. The highest BCUT2D eigenvalue weighted by Gasteiger charge is 2.05. The van der Waals surface area contributed by atoms with Gasteiger partial charge >= 0.3 is 0 Å². The Morgan fingerprint density at radius 3 is 2.50 bits per heavy atom.